The zero-order chi connectivity index (χ0) is 21.6. The maximum atomic E-state index is 12.3. The molecule has 3 aromatic rings. The number of H-pyrrole nitrogens is 1. The molecule has 31 heavy (non-hydrogen) atoms. The Balaban J connectivity index is 1.48. The maximum Gasteiger partial charge on any atom is 0.338 e. The number of aromatic nitrogens is 6. The summed E-state index contributed by atoms with van der Waals surface area (Å²) < 4.78 is 12.6. The van der Waals surface area contributed by atoms with E-state index in [0.29, 0.717) is 30.5 Å². The fraction of sp³-hybridized carbons (Fsp3) is 0.571. The molecule has 2 fully saturated rings. The van der Waals surface area contributed by atoms with E-state index in [1.807, 2.05) is 23.9 Å². The Morgan fingerprint density at radius 1 is 1.23 bits per heavy atom. The van der Waals surface area contributed by atoms with Gasteiger partial charge >= 0.3 is 5.97 Å². The lowest BCUT2D eigenvalue weighted by molar-refractivity contribution is -0.170. The molecule has 0 aliphatic heterocycles. The SMILES string of the molecule is COC(=O)C1(OC)CCC(c2nc(Nc3cc(C)[nH]n3)c3cnn(C4CC4)c3n2)CC1. The van der Waals surface area contributed by atoms with Crippen LogP contribution in [-0.2, 0) is 14.3 Å². The molecular weight excluding hydrogens is 398 g/mol. The molecule has 2 aliphatic rings. The highest BCUT2D eigenvalue weighted by Crippen LogP contribution is 2.41. The van der Waals surface area contributed by atoms with Crippen molar-refractivity contribution < 1.29 is 14.3 Å². The summed E-state index contributed by atoms with van der Waals surface area (Å²) in [5.41, 5.74) is 0.935. The second-order valence-corrected chi connectivity index (χ2v) is 8.51. The van der Waals surface area contributed by atoms with Gasteiger partial charge in [-0.05, 0) is 45.4 Å². The molecule has 5 rings (SSSR count). The van der Waals surface area contributed by atoms with Gasteiger partial charge in [-0.15, -0.1) is 0 Å². The topological polar surface area (TPSA) is 120 Å². The molecule has 0 amide bonds. The molecule has 2 N–H and O–H groups in total. The lowest BCUT2D eigenvalue weighted by atomic mass is 9.78. The Labute approximate surface area is 179 Å². The number of carbonyl (C=O) groups excluding carboxylic acids is 1. The van der Waals surface area contributed by atoms with Gasteiger partial charge in [-0.25, -0.2) is 19.4 Å². The Kier molecular flexibility index (Phi) is 4.88. The molecule has 0 spiro atoms. The number of rotatable bonds is 6. The lowest BCUT2D eigenvalue weighted by Gasteiger charge is -2.36. The summed E-state index contributed by atoms with van der Waals surface area (Å²) in [7, 11) is 2.97. The number of carbonyl (C=O) groups is 1. The minimum absolute atomic E-state index is 0.126. The molecule has 0 radical (unpaired) electrons. The van der Waals surface area contributed by atoms with Gasteiger partial charge in [-0.2, -0.15) is 10.2 Å². The number of nitrogens with zero attached hydrogens (tertiary/aromatic N) is 5. The fourth-order valence-corrected chi connectivity index (χ4v) is 4.43. The molecule has 0 atom stereocenters. The average Bonchev–Trinajstić information content (AvgIpc) is 3.42. The quantitative estimate of drug-likeness (QED) is 0.578. The summed E-state index contributed by atoms with van der Waals surface area (Å²) in [6.07, 6.45) is 6.71. The van der Waals surface area contributed by atoms with E-state index in [9.17, 15) is 4.79 Å². The summed E-state index contributed by atoms with van der Waals surface area (Å²) in [6, 6.07) is 2.34. The molecule has 164 valence electrons. The van der Waals surface area contributed by atoms with Crippen molar-refractivity contribution >= 4 is 28.6 Å². The third-order valence-corrected chi connectivity index (χ3v) is 6.42. The van der Waals surface area contributed by atoms with Crippen LogP contribution in [0.2, 0.25) is 0 Å². The third kappa shape index (κ3) is 3.54. The van der Waals surface area contributed by atoms with E-state index < -0.39 is 5.60 Å². The third-order valence-electron chi connectivity index (χ3n) is 6.42. The van der Waals surface area contributed by atoms with Crippen molar-refractivity contribution in [3.8, 4) is 0 Å². The van der Waals surface area contributed by atoms with Crippen molar-refractivity contribution in [2.45, 2.75) is 63.0 Å². The fourth-order valence-electron chi connectivity index (χ4n) is 4.43. The number of aryl methyl sites for hydroxylation is 1. The second kappa shape index (κ2) is 7.60. The number of nitrogens with one attached hydrogen (secondary N) is 2. The van der Waals surface area contributed by atoms with E-state index in [2.05, 4.69) is 20.6 Å². The van der Waals surface area contributed by atoms with Gasteiger partial charge in [-0.3, -0.25) is 5.10 Å². The summed E-state index contributed by atoms with van der Waals surface area (Å²) in [6.45, 7) is 1.95. The largest absolute Gasteiger partial charge is 0.467 e. The van der Waals surface area contributed by atoms with Crippen LogP contribution in [0.5, 0.6) is 0 Å². The van der Waals surface area contributed by atoms with Gasteiger partial charge in [-0.1, -0.05) is 0 Å². The van der Waals surface area contributed by atoms with Crippen molar-refractivity contribution in [3.05, 3.63) is 23.8 Å². The highest BCUT2D eigenvalue weighted by atomic mass is 16.6. The normalized spacial score (nSPS) is 23.8. The van der Waals surface area contributed by atoms with Crippen LogP contribution in [0.4, 0.5) is 11.6 Å². The molecule has 0 bridgehead atoms. The van der Waals surface area contributed by atoms with Gasteiger partial charge < -0.3 is 14.8 Å². The van der Waals surface area contributed by atoms with E-state index in [1.165, 1.54) is 7.11 Å². The van der Waals surface area contributed by atoms with Crippen molar-refractivity contribution in [1.82, 2.24) is 29.9 Å². The van der Waals surface area contributed by atoms with Crippen LogP contribution in [0.3, 0.4) is 0 Å². The molecule has 2 saturated carbocycles. The van der Waals surface area contributed by atoms with Crippen LogP contribution in [-0.4, -0.2) is 55.7 Å². The smallest absolute Gasteiger partial charge is 0.338 e. The van der Waals surface area contributed by atoms with Crippen LogP contribution in [0.15, 0.2) is 12.3 Å². The van der Waals surface area contributed by atoms with Gasteiger partial charge in [0, 0.05) is 24.8 Å². The highest BCUT2D eigenvalue weighted by Gasteiger charge is 2.44. The molecule has 2 aliphatic carbocycles. The number of hydrogen-bond acceptors (Lipinski definition) is 8. The molecule has 3 aromatic heterocycles. The van der Waals surface area contributed by atoms with Gasteiger partial charge in [0.05, 0.1) is 24.7 Å². The van der Waals surface area contributed by atoms with Crippen LogP contribution < -0.4 is 5.32 Å². The second-order valence-electron chi connectivity index (χ2n) is 8.51. The predicted octanol–water partition coefficient (Wildman–Crippen LogP) is 3.15. The summed E-state index contributed by atoms with van der Waals surface area (Å²) in [5.74, 6) is 1.98. The number of anilines is 2. The standard InChI is InChI=1S/C21H27N7O3/c1-12-10-16(27-26-12)23-18-15-11-22-28(14-4-5-14)19(15)25-17(24-18)13-6-8-21(31-3,9-7-13)20(29)30-2/h10-11,13-14H,4-9H2,1-3H3,(H2,23,24,25,26,27). The van der Waals surface area contributed by atoms with Crippen LogP contribution in [0.25, 0.3) is 11.0 Å². The zero-order valence-electron chi connectivity index (χ0n) is 18.0. The molecule has 0 aromatic carbocycles. The van der Waals surface area contributed by atoms with E-state index in [4.69, 9.17) is 19.4 Å². The van der Waals surface area contributed by atoms with Gasteiger partial charge in [0.1, 0.15) is 11.6 Å². The summed E-state index contributed by atoms with van der Waals surface area (Å²) in [4.78, 5) is 22.1. The van der Waals surface area contributed by atoms with Crippen molar-refractivity contribution in [3.63, 3.8) is 0 Å². The minimum Gasteiger partial charge on any atom is -0.467 e. The lowest BCUT2D eigenvalue weighted by Crippen LogP contribution is -2.44. The van der Waals surface area contributed by atoms with Gasteiger partial charge in [0.25, 0.3) is 0 Å². The van der Waals surface area contributed by atoms with Crippen LogP contribution in [0, 0.1) is 6.92 Å². The van der Waals surface area contributed by atoms with Crippen LogP contribution in [0.1, 0.15) is 62.0 Å². The predicted molar refractivity (Wildman–Crippen MR) is 113 cm³/mol. The number of fused-ring (bicyclic) bond motifs is 1. The maximum absolute atomic E-state index is 12.3. The van der Waals surface area contributed by atoms with Crippen molar-refractivity contribution in [1.29, 1.82) is 0 Å². The first-order valence-corrected chi connectivity index (χ1v) is 10.7. The van der Waals surface area contributed by atoms with Gasteiger partial charge in [0.2, 0.25) is 0 Å². The van der Waals surface area contributed by atoms with Crippen LogP contribution >= 0.6 is 0 Å². The van der Waals surface area contributed by atoms with E-state index in [1.54, 1.807) is 7.11 Å². The highest BCUT2D eigenvalue weighted by molar-refractivity contribution is 5.88. The van der Waals surface area contributed by atoms with E-state index in [0.717, 1.165) is 48.2 Å². The number of hydrogen-bond donors (Lipinski definition) is 2. The number of esters is 1. The van der Waals surface area contributed by atoms with Crippen molar-refractivity contribution in [2.24, 2.45) is 0 Å². The monoisotopic (exact) mass is 425 g/mol. The summed E-state index contributed by atoms with van der Waals surface area (Å²) in [5, 5.41) is 16.0. The van der Waals surface area contributed by atoms with E-state index >= 15 is 0 Å². The molecule has 10 nitrogen and oxygen atoms in total. The summed E-state index contributed by atoms with van der Waals surface area (Å²) >= 11 is 0. The molecule has 3 heterocycles. The Bertz CT molecular complexity index is 1110. The number of methoxy groups -OCH3 is 2. The van der Waals surface area contributed by atoms with Gasteiger partial charge in [0.15, 0.2) is 17.1 Å². The first kappa shape index (κ1) is 19.9. The minimum atomic E-state index is -0.876. The molecule has 0 saturated heterocycles. The Hall–Kier alpha value is -3.01. The first-order chi connectivity index (χ1) is 15.0. The molecule has 10 heteroatoms. The molecular formula is C21H27N7O3. The molecule has 0 unspecified atom stereocenters. The first-order valence-electron chi connectivity index (χ1n) is 10.7. The van der Waals surface area contributed by atoms with Crippen molar-refractivity contribution in [2.75, 3.05) is 19.5 Å². The Morgan fingerprint density at radius 2 is 2.00 bits per heavy atom. The average molecular weight is 425 g/mol. The Morgan fingerprint density at radius 3 is 2.61 bits per heavy atom. The number of ether oxygens (including phenoxy) is 2. The van der Waals surface area contributed by atoms with E-state index in [-0.39, 0.29) is 11.9 Å². The number of aromatic amines is 1. The zero-order valence-corrected chi connectivity index (χ0v) is 18.0.